The molecule has 0 N–H and O–H groups in total. The van der Waals surface area contributed by atoms with E-state index in [2.05, 4.69) is 0 Å². The maximum Gasteiger partial charge on any atom is 0.342 e. The average Bonchev–Trinajstić information content (AvgIpc) is 2.60. The van der Waals surface area contributed by atoms with Crippen LogP contribution in [-0.2, 0) is 4.74 Å². The molecule has 0 spiro atoms. The first-order chi connectivity index (χ1) is 11.5. The largest absolute Gasteiger partial charge is 0.497 e. The molecule has 2 aromatic carbocycles. The van der Waals surface area contributed by atoms with E-state index >= 15 is 0 Å². The molecule has 0 saturated heterocycles. The minimum absolute atomic E-state index is 0.209. The van der Waals surface area contributed by atoms with Gasteiger partial charge in [-0.25, -0.2) is 4.79 Å². The van der Waals surface area contributed by atoms with Gasteiger partial charge in [0.25, 0.3) is 0 Å². The fraction of sp³-hybridized carbons (Fsp3) is 0.263. The molecule has 5 heteroatoms. The Bertz CT molecular complexity index is 734. The van der Waals surface area contributed by atoms with Crippen LogP contribution in [0.25, 0.3) is 0 Å². The van der Waals surface area contributed by atoms with Gasteiger partial charge < -0.3 is 14.2 Å². The SMILES string of the molecule is COc1ccc(OC)c(C(=O)O[C@@H](C)C(=O)c2ccc(C)cc2)c1. The Morgan fingerprint density at radius 3 is 2.21 bits per heavy atom. The van der Waals surface area contributed by atoms with E-state index < -0.39 is 12.1 Å². The van der Waals surface area contributed by atoms with Crippen LogP contribution in [0, 0.1) is 6.92 Å². The Hall–Kier alpha value is -2.82. The number of carbonyl (C=O) groups excluding carboxylic acids is 2. The van der Waals surface area contributed by atoms with E-state index in [1.165, 1.54) is 20.3 Å². The molecule has 0 unspecified atom stereocenters. The van der Waals surface area contributed by atoms with Gasteiger partial charge in [0, 0.05) is 5.56 Å². The molecule has 0 bridgehead atoms. The number of rotatable bonds is 6. The quantitative estimate of drug-likeness (QED) is 0.600. The average molecular weight is 328 g/mol. The fourth-order valence-corrected chi connectivity index (χ4v) is 2.20. The maximum absolute atomic E-state index is 12.4. The number of hydrogen-bond donors (Lipinski definition) is 0. The number of ketones is 1. The number of hydrogen-bond acceptors (Lipinski definition) is 5. The third-order valence-electron chi connectivity index (χ3n) is 3.62. The van der Waals surface area contributed by atoms with Gasteiger partial charge in [-0.3, -0.25) is 4.79 Å². The maximum atomic E-state index is 12.4. The number of Topliss-reactive ketones (excluding diaryl/α,β-unsaturated/α-hetero) is 1. The van der Waals surface area contributed by atoms with Gasteiger partial charge in [-0.2, -0.15) is 0 Å². The summed E-state index contributed by atoms with van der Waals surface area (Å²) in [4.78, 5) is 24.8. The number of ether oxygens (including phenoxy) is 3. The summed E-state index contributed by atoms with van der Waals surface area (Å²) in [7, 11) is 2.96. The van der Waals surface area contributed by atoms with Crippen LogP contribution in [0.2, 0.25) is 0 Å². The predicted octanol–water partition coefficient (Wildman–Crippen LogP) is 3.44. The lowest BCUT2D eigenvalue weighted by molar-refractivity contribution is 0.0315. The van der Waals surface area contributed by atoms with E-state index in [4.69, 9.17) is 14.2 Å². The van der Waals surface area contributed by atoms with E-state index in [-0.39, 0.29) is 11.3 Å². The summed E-state index contributed by atoms with van der Waals surface area (Å²) in [6.45, 7) is 3.49. The van der Waals surface area contributed by atoms with Crippen molar-refractivity contribution >= 4 is 11.8 Å². The van der Waals surface area contributed by atoms with Crippen molar-refractivity contribution in [3.63, 3.8) is 0 Å². The van der Waals surface area contributed by atoms with Gasteiger partial charge in [-0.15, -0.1) is 0 Å². The highest BCUT2D eigenvalue weighted by Gasteiger charge is 2.23. The van der Waals surface area contributed by atoms with E-state index in [0.717, 1.165) is 5.56 Å². The van der Waals surface area contributed by atoms with Crippen molar-refractivity contribution in [1.82, 2.24) is 0 Å². The molecule has 0 heterocycles. The fourth-order valence-electron chi connectivity index (χ4n) is 2.20. The van der Waals surface area contributed by atoms with Crippen molar-refractivity contribution in [3.8, 4) is 11.5 Å². The molecule has 1 atom stereocenters. The molecule has 0 saturated carbocycles. The van der Waals surface area contributed by atoms with Crippen LogP contribution < -0.4 is 9.47 Å². The molecule has 0 amide bonds. The van der Waals surface area contributed by atoms with Crippen LogP contribution in [0.1, 0.15) is 33.2 Å². The molecule has 2 rings (SSSR count). The molecule has 0 aliphatic rings. The Kier molecular flexibility index (Phi) is 5.58. The number of methoxy groups -OCH3 is 2. The predicted molar refractivity (Wildman–Crippen MR) is 89.9 cm³/mol. The second-order valence-corrected chi connectivity index (χ2v) is 5.34. The van der Waals surface area contributed by atoms with Crippen molar-refractivity contribution in [2.75, 3.05) is 14.2 Å². The summed E-state index contributed by atoms with van der Waals surface area (Å²) in [5, 5.41) is 0. The van der Waals surface area contributed by atoms with E-state index in [0.29, 0.717) is 17.1 Å². The van der Waals surface area contributed by atoms with Crippen LogP contribution in [0.5, 0.6) is 11.5 Å². The molecular weight excluding hydrogens is 308 g/mol. The van der Waals surface area contributed by atoms with Crippen molar-refractivity contribution in [2.24, 2.45) is 0 Å². The van der Waals surface area contributed by atoms with Crippen LogP contribution in [0.4, 0.5) is 0 Å². The minimum atomic E-state index is -0.906. The normalized spacial score (nSPS) is 11.5. The van der Waals surface area contributed by atoms with Gasteiger partial charge >= 0.3 is 5.97 Å². The first-order valence-corrected chi connectivity index (χ1v) is 7.50. The Morgan fingerprint density at radius 2 is 1.62 bits per heavy atom. The molecule has 126 valence electrons. The molecule has 0 aliphatic heterocycles. The van der Waals surface area contributed by atoms with Gasteiger partial charge in [-0.1, -0.05) is 29.8 Å². The van der Waals surface area contributed by atoms with Crippen LogP contribution in [0.15, 0.2) is 42.5 Å². The van der Waals surface area contributed by atoms with Crippen molar-refractivity contribution in [1.29, 1.82) is 0 Å². The lowest BCUT2D eigenvalue weighted by Gasteiger charge is -2.14. The van der Waals surface area contributed by atoms with Gasteiger partial charge in [0.1, 0.15) is 17.1 Å². The molecule has 0 radical (unpaired) electrons. The number of benzene rings is 2. The third kappa shape index (κ3) is 3.93. The lowest BCUT2D eigenvalue weighted by Crippen LogP contribution is -2.24. The Balaban J connectivity index is 2.16. The summed E-state index contributed by atoms with van der Waals surface area (Å²) in [6.07, 6.45) is -0.906. The molecule has 0 aliphatic carbocycles. The molecule has 0 fully saturated rings. The zero-order valence-electron chi connectivity index (χ0n) is 14.2. The highest BCUT2D eigenvalue weighted by molar-refractivity contribution is 6.02. The minimum Gasteiger partial charge on any atom is -0.497 e. The first-order valence-electron chi connectivity index (χ1n) is 7.50. The van der Waals surface area contributed by atoms with E-state index in [9.17, 15) is 9.59 Å². The summed E-state index contributed by atoms with van der Waals surface area (Å²) >= 11 is 0. The highest BCUT2D eigenvalue weighted by atomic mass is 16.5. The van der Waals surface area contributed by atoms with Gasteiger partial charge in [-0.05, 0) is 32.0 Å². The third-order valence-corrected chi connectivity index (χ3v) is 3.62. The number of aryl methyl sites for hydroxylation is 1. The van der Waals surface area contributed by atoms with Crippen molar-refractivity contribution < 1.29 is 23.8 Å². The van der Waals surface area contributed by atoms with E-state index in [1.807, 2.05) is 19.1 Å². The lowest BCUT2D eigenvalue weighted by atomic mass is 10.1. The van der Waals surface area contributed by atoms with Gasteiger partial charge in [0.15, 0.2) is 6.10 Å². The standard InChI is InChI=1S/C19H20O5/c1-12-5-7-14(8-6-12)18(20)13(2)24-19(21)16-11-15(22-3)9-10-17(16)23-4/h5-11,13H,1-4H3/t13-/m0/s1. The van der Waals surface area contributed by atoms with Crippen LogP contribution in [0.3, 0.4) is 0 Å². The summed E-state index contributed by atoms with van der Waals surface area (Å²) < 4.78 is 15.6. The Morgan fingerprint density at radius 1 is 0.958 bits per heavy atom. The summed E-state index contributed by atoms with van der Waals surface area (Å²) in [5.74, 6) is -0.0417. The second kappa shape index (κ2) is 7.64. The van der Waals surface area contributed by atoms with Crippen LogP contribution >= 0.6 is 0 Å². The summed E-state index contributed by atoms with van der Waals surface area (Å²) in [5.41, 5.74) is 1.76. The smallest absolute Gasteiger partial charge is 0.342 e. The zero-order chi connectivity index (χ0) is 17.7. The topological polar surface area (TPSA) is 61.8 Å². The van der Waals surface area contributed by atoms with E-state index in [1.54, 1.807) is 31.2 Å². The molecule has 5 nitrogen and oxygen atoms in total. The summed E-state index contributed by atoms with van der Waals surface area (Å²) in [6, 6.07) is 11.9. The first kappa shape index (κ1) is 17.5. The molecule has 2 aromatic rings. The van der Waals surface area contributed by atoms with Gasteiger partial charge in [0.2, 0.25) is 5.78 Å². The highest BCUT2D eigenvalue weighted by Crippen LogP contribution is 2.25. The molecular formula is C19H20O5. The zero-order valence-corrected chi connectivity index (χ0v) is 14.2. The van der Waals surface area contributed by atoms with Crippen molar-refractivity contribution in [3.05, 3.63) is 59.2 Å². The monoisotopic (exact) mass is 328 g/mol. The van der Waals surface area contributed by atoms with Crippen LogP contribution in [-0.4, -0.2) is 32.1 Å². The van der Waals surface area contributed by atoms with Gasteiger partial charge in [0.05, 0.1) is 14.2 Å². The molecule has 24 heavy (non-hydrogen) atoms. The van der Waals surface area contributed by atoms with Crippen molar-refractivity contribution in [2.45, 2.75) is 20.0 Å². The number of esters is 1. The second-order valence-electron chi connectivity index (χ2n) is 5.34. The molecule has 0 aromatic heterocycles. The number of carbonyl (C=O) groups is 2. The Labute approximate surface area is 141 Å².